The Labute approximate surface area is 129 Å². The first-order chi connectivity index (χ1) is 10.7. The van der Waals surface area contributed by atoms with Gasteiger partial charge >= 0.3 is 0 Å². The molecule has 0 aliphatic carbocycles. The molecule has 3 heterocycles. The molecule has 0 unspecified atom stereocenters. The zero-order chi connectivity index (χ0) is 15.6. The number of rotatable bonds is 5. The fourth-order valence-electron chi connectivity index (χ4n) is 2.99. The second-order valence-corrected chi connectivity index (χ2v) is 5.54. The van der Waals surface area contributed by atoms with Gasteiger partial charge in [0.15, 0.2) is 0 Å². The third-order valence-electron chi connectivity index (χ3n) is 4.56. The van der Waals surface area contributed by atoms with Gasteiger partial charge in [-0.1, -0.05) is 13.8 Å². The summed E-state index contributed by atoms with van der Waals surface area (Å²) in [6.45, 7) is 4.22. The van der Waals surface area contributed by atoms with Gasteiger partial charge in [0.05, 0.1) is 24.2 Å². The molecule has 1 N–H and O–H groups in total. The lowest BCUT2D eigenvalue weighted by Gasteiger charge is -2.29. The minimum absolute atomic E-state index is 0.225. The summed E-state index contributed by atoms with van der Waals surface area (Å²) < 4.78 is 1.96. The molecule has 0 radical (unpaired) electrons. The van der Waals surface area contributed by atoms with Crippen molar-refractivity contribution in [2.24, 2.45) is 0 Å². The molecule has 0 aliphatic heterocycles. The summed E-state index contributed by atoms with van der Waals surface area (Å²) >= 11 is 0. The summed E-state index contributed by atoms with van der Waals surface area (Å²) in [5.74, 6) is 0. The van der Waals surface area contributed by atoms with E-state index >= 15 is 0 Å². The monoisotopic (exact) mass is 293 g/mol. The van der Waals surface area contributed by atoms with Crippen molar-refractivity contribution in [3.8, 4) is 17.2 Å². The lowest BCUT2D eigenvalue weighted by molar-refractivity contribution is 0.240. The first-order valence-electron chi connectivity index (χ1n) is 7.58. The lowest BCUT2D eigenvalue weighted by atomic mass is 9.90. The molecule has 5 heteroatoms. The van der Waals surface area contributed by atoms with E-state index < -0.39 is 0 Å². The largest absolute Gasteiger partial charge is 0.346 e. The minimum atomic E-state index is -0.225. The highest BCUT2D eigenvalue weighted by atomic mass is 15.3. The number of H-pyrrole nitrogens is 1. The van der Waals surface area contributed by atoms with Crippen molar-refractivity contribution < 1.29 is 0 Å². The number of fused-ring (bicyclic) bond motifs is 1. The average Bonchev–Trinajstić information content (AvgIpc) is 3.21. The third kappa shape index (κ3) is 2.17. The molecule has 0 atom stereocenters. The Balaban J connectivity index is 2.07. The first kappa shape index (κ1) is 14.3. The SMILES string of the molecule is CCC(CC)(CC#N)n1cc(-c2ccnc3[nH]ccc23)cn1. The van der Waals surface area contributed by atoms with Crippen LogP contribution < -0.4 is 0 Å². The highest BCUT2D eigenvalue weighted by Crippen LogP contribution is 2.32. The second kappa shape index (κ2) is 5.64. The number of nitriles is 1. The van der Waals surface area contributed by atoms with Gasteiger partial charge < -0.3 is 4.98 Å². The van der Waals surface area contributed by atoms with Crippen molar-refractivity contribution in [1.29, 1.82) is 5.26 Å². The molecular weight excluding hydrogens is 274 g/mol. The molecule has 22 heavy (non-hydrogen) atoms. The Morgan fingerprint density at radius 2 is 2.14 bits per heavy atom. The van der Waals surface area contributed by atoms with Gasteiger partial charge in [-0.15, -0.1) is 0 Å². The molecule has 0 fully saturated rings. The van der Waals surface area contributed by atoms with Crippen LogP contribution in [0.2, 0.25) is 0 Å². The highest BCUT2D eigenvalue weighted by Gasteiger charge is 2.29. The van der Waals surface area contributed by atoms with Crippen molar-refractivity contribution in [2.75, 3.05) is 0 Å². The minimum Gasteiger partial charge on any atom is -0.346 e. The number of nitrogens with zero attached hydrogens (tertiary/aromatic N) is 4. The number of aromatic nitrogens is 4. The summed E-state index contributed by atoms with van der Waals surface area (Å²) in [5, 5.41) is 14.8. The molecule has 0 aromatic carbocycles. The van der Waals surface area contributed by atoms with Gasteiger partial charge in [0.1, 0.15) is 5.65 Å². The van der Waals surface area contributed by atoms with Crippen LogP contribution in [0.1, 0.15) is 33.1 Å². The van der Waals surface area contributed by atoms with Crippen LogP contribution in [0.4, 0.5) is 0 Å². The number of hydrogen-bond acceptors (Lipinski definition) is 3. The molecule has 0 saturated carbocycles. The third-order valence-corrected chi connectivity index (χ3v) is 4.56. The van der Waals surface area contributed by atoms with E-state index in [1.807, 2.05) is 35.4 Å². The van der Waals surface area contributed by atoms with E-state index in [-0.39, 0.29) is 5.54 Å². The summed E-state index contributed by atoms with van der Waals surface area (Å²) in [7, 11) is 0. The Morgan fingerprint density at radius 3 is 2.86 bits per heavy atom. The molecular formula is C17H19N5. The van der Waals surface area contributed by atoms with E-state index in [0.29, 0.717) is 6.42 Å². The summed E-state index contributed by atoms with van der Waals surface area (Å²) in [6, 6.07) is 6.33. The number of nitrogens with one attached hydrogen (secondary N) is 1. The van der Waals surface area contributed by atoms with Crippen LogP contribution in [0.5, 0.6) is 0 Å². The predicted octanol–water partition coefficient (Wildman–Crippen LogP) is 3.86. The lowest BCUT2D eigenvalue weighted by Crippen LogP contribution is -2.32. The van der Waals surface area contributed by atoms with Gasteiger partial charge in [0.25, 0.3) is 0 Å². The van der Waals surface area contributed by atoms with Gasteiger partial charge in [-0.25, -0.2) is 4.98 Å². The number of pyridine rings is 1. The number of hydrogen-bond donors (Lipinski definition) is 1. The quantitative estimate of drug-likeness (QED) is 0.776. The first-order valence-corrected chi connectivity index (χ1v) is 7.58. The average molecular weight is 293 g/mol. The van der Waals surface area contributed by atoms with Gasteiger partial charge in [-0.2, -0.15) is 10.4 Å². The van der Waals surface area contributed by atoms with Gasteiger partial charge in [-0.3, -0.25) is 4.68 Å². The Bertz CT molecular complexity index is 817. The van der Waals surface area contributed by atoms with Crippen molar-refractivity contribution >= 4 is 11.0 Å². The normalized spacial score (nSPS) is 11.7. The molecule has 0 bridgehead atoms. The molecule has 0 aliphatic rings. The molecule has 112 valence electrons. The molecule has 0 amide bonds. The Kier molecular flexibility index (Phi) is 3.68. The smallest absolute Gasteiger partial charge is 0.137 e. The molecule has 0 spiro atoms. The fourth-order valence-corrected chi connectivity index (χ4v) is 2.99. The fraction of sp³-hybridized carbons (Fsp3) is 0.353. The summed E-state index contributed by atoms with van der Waals surface area (Å²) in [6.07, 6.45) is 9.85. The maximum Gasteiger partial charge on any atom is 0.137 e. The summed E-state index contributed by atoms with van der Waals surface area (Å²) in [5.41, 5.74) is 2.81. The predicted molar refractivity (Wildman–Crippen MR) is 86.1 cm³/mol. The van der Waals surface area contributed by atoms with Crippen LogP contribution in [0.3, 0.4) is 0 Å². The zero-order valence-electron chi connectivity index (χ0n) is 12.9. The van der Waals surface area contributed by atoms with E-state index in [1.165, 1.54) is 0 Å². The topological polar surface area (TPSA) is 70.3 Å². The van der Waals surface area contributed by atoms with Crippen LogP contribution in [-0.4, -0.2) is 19.7 Å². The van der Waals surface area contributed by atoms with E-state index in [2.05, 4.69) is 35.0 Å². The van der Waals surface area contributed by atoms with Crippen molar-refractivity contribution in [2.45, 2.75) is 38.6 Å². The Hall–Kier alpha value is -2.61. The summed E-state index contributed by atoms with van der Waals surface area (Å²) in [4.78, 5) is 7.45. The van der Waals surface area contributed by atoms with Crippen LogP contribution >= 0.6 is 0 Å². The standard InChI is InChI=1S/C17H19N5/c1-3-17(4-2,7-8-18)22-12-13(11-21-22)14-5-9-19-16-15(14)6-10-20-16/h5-6,9-12H,3-4,7H2,1-2H3,(H,19,20). The van der Waals surface area contributed by atoms with Crippen molar-refractivity contribution in [1.82, 2.24) is 19.7 Å². The molecule has 5 nitrogen and oxygen atoms in total. The Morgan fingerprint density at radius 1 is 1.32 bits per heavy atom. The van der Waals surface area contributed by atoms with E-state index in [9.17, 15) is 0 Å². The molecule has 3 aromatic rings. The van der Waals surface area contributed by atoms with Gasteiger partial charge in [0, 0.05) is 29.5 Å². The molecule has 3 rings (SSSR count). The van der Waals surface area contributed by atoms with Crippen LogP contribution in [0.15, 0.2) is 36.9 Å². The van der Waals surface area contributed by atoms with Gasteiger partial charge in [0.2, 0.25) is 0 Å². The van der Waals surface area contributed by atoms with E-state index in [0.717, 1.165) is 35.0 Å². The molecule has 0 saturated heterocycles. The second-order valence-electron chi connectivity index (χ2n) is 5.54. The zero-order valence-corrected chi connectivity index (χ0v) is 12.9. The number of aromatic amines is 1. The van der Waals surface area contributed by atoms with Crippen LogP contribution in [0, 0.1) is 11.3 Å². The van der Waals surface area contributed by atoms with Crippen LogP contribution in [-0.2, 0) is 5.54 Å². The van der Waals surface area contributed by atoms with Crippen LogP contribution in [0.25, 0.3) is 22.2 Å². The van der Waals surface area contributed by atoms with E-state index in [4.69, 9.17) is 5.26 Å². The van der Waals surface area contributed by atoms with Crippen molar-refractivity contribution in [3.05, 3.63) is 36.9 Å². The van der Waals surface area contributed by atoms with Crippen molar-refractivity contribution in [3.63, 3.8) is 0 Å². The maximum absolute atomic E-state index is 9.16. The molecule has 3 aromatic heterocycles. The van der Waals surface area contributed by atoms with Gasteiger partial charge in [-0.05, 0) is 30.5 Å². The highest BCUT2D eigenvalue weighted by molar-refractivity contribution is 5.92. The maximum atomic E-state index is 9.16. The van der Waals surface area contributed by atoms with E-state index in [1.54, 1.807) is 6.20 Å².